The van der Waals surface area contributed by atoms with E-state index in [9.17, 15) is 16.8 Å². The van der Waals surface area contributed by atoms with E-state index < -0.39 is 20.0 Å². The molecular weight excluding hydrogens is 359 g/mol. The first kappa shape index (κ1) is 18.5. The summed E-state index contributed by atoms with van der Waals surface area (Å²) in [5.74, 6) is -0.0708. The van der Waals surface area contributed by atoms with Gasteiger partial charge >= 0.3 is 0 Å². The Bertz CT molecular complexity index is 705. The van der Waals surface area contributed by atoms with Crippen molar-refractivity contribution in [2.75, 3.05) is 29.4 Å². The lowest BCUT2D eigenvalue weighted by Crippen LogP contribution is -2.38. The molecule has 1 aromatic carbocycles. The van der Waals surface area contributed by atoms with Gasteiger partial charge in [0.15, 0.2) is 0 Å². The molecule has 0 bridgehead atoms. The lowest BCUT2D eigenvalue weighted by Gasteiger charge is -2.22. The van der Waals surface area contributed by atoms with Crippen LogP contribution in [0.15, 0.2) is 18.2 Å². The van der Waals surface area contributed by atoms with Crippen molar-refractivity contribution >= 4 is 48.9 Å². The number of nitrogens with zero attached hydrogens (tertiary/aromatic N) is 1. The third-order valence-electron chi connectivity index (χ3n) is 2.61. The summed E-state index contributed by atoms with van der Waals surface area (Å²) in [5, 5.41) is 0.525. The first-order valence-electron chi connectivity index (χ1n) is 5.97. The average Bonchev–Trinajstić information content (AvgIpc) is 2.37. The predicted octanol–water partition coefficient (Wildman–Crippen LogP) is 1.70. The molecule has 0 aliphatic heterocycles. The molecule has 0 unspecified atom stereocenters. The van der Waals surface area contributed by atoms with Crippen molar-refractivity contribution in [2.24, 2.45) is 0 Å². The monoisotopic (exact) mass is 374 g/mol. The molecule has 10 heteroatoms. The van der Waals surface area contributed by atoms with Gasteiger partial charge in [0, 0.05) is 13.1 Å². The van der Waals surface area contributed by atoms with Crippen molar-refractivity contribution in [3.63, 3.8) is 0 Å². The maximum atomic E-state index is 11.8. The number of hydrogen-bond donors (Lipinski definition) is 1. The molecular formula is C11H16Cl2N2O4S2. The van der Waals surface area contributed by atoms with E-state index in [4.69, 9.17) is 23.2 Å². The first-order valence-corrected chi connectivity index (χ1v) is 10.2. The van der Waals surface area contributed by atoms with Crippen LogP contribution in [0.25, 0.3) is 0 Å². The summed E-state index contributed by atoms with van der Waals surface area (Å²) in [6.07, 6.45) is 1.03. The van der Waals surface area contributed by atoms with Crippen molar-refractivity contribution in [2.45, 2.75) is 6.92 Å². The second-order valence-electron chi connectivity index (χ2n) is 4.23. The first-order chi connectivity index (χ1) is 9.57. The number of rotatable bonds is 7. The van der Waals surface area contributed by atoms with Crippen LogP contribution in [0.2, 0.25) is 10.0 Å². The van der Waals surface area contributed by atoms with Gasteiger partial charge in [-0.05, 0) is 25.1 Å². The molecule has 0 aliphatic rings. The van der Waals surface area contributed by atoms with E-state index in [-0.39, 0.29) is 23.9 Å². The number of benzene rings is 1. The average molecular weight is 375 g/mol. The van der Waals surface area contributed by atoms with Gasteiger partial charge in [-0.15, -0.1) is 0 Å². The minimum Gasteiger partial charge on any atom is -0.269 e. The Balaban J connectivity index is 2.95. The molecule has 0 aliphatic carbocycles. The van der Waals surface area contributed by atoms with Crippen molar-refractivity contribution in [3.8, 4) is 0 Å². The highest BCUT2D eigenvalue weighted by molar-refractivity contribution is 7.92. The Morgan fingerprint density at radius 2 is 1.76 bits per heavy atom. The van der Waals surface area contributed by atoms with Crippen molar-refractivity contribution < 1.29 is 16.8 Å². The summed E-state index contributed by atoms with van der Waals surface area (Å²) in [7, 11) is -6.95. The van der Waals surface area contributed by atoms with E-state index in [1.165, 1.54) is 25.1 Å². The van der Waals surface area contributed by atoms with Gasteiger partial charge in [-0.25, -0.2) is 21.6 Å². The standard InChI is InChI=1S/C11H16Cl2N2O4S2/c1-3-21(18,19)14-6-7-15(20(2,16)17)9-4-5-10(12)11(13)8-9/h4-5,8,14H,3,6-7H2,1-2H3. The SMILES string of the molecule is CCS(=O)(=O)NCCN(c1ccc(Cl)c(Cl)c1)S(C)(=O)=O. The third-order valence-corrected chi connectivity index (χ3v) is 5.95. The smallest absolute Gasteiger partial charge is 0.232 e. The number of nitrogens with one attached hydrogen (secondary N) is 1. The van der Waals surface area contributed by atoms with E-state index in [0.717, 1.165) is 10.6 Å². The van der Waals surface area contributed by atoms with Crippen molar-refractivity contribution in [3.05, 3.63) is 28.2 Å². The second-order valence-corrected chi connectivity index (χ2v) is 9.05. The second kappa shape index (κ2) is 7.15. The molecule has 0 radical (unpaired) electrons. The van der Waals surface area contributed by atoms with E-state index >= 15 is 0 Å². The Kier molecular flexibility index (Phi) is 6.30. The molecule has 1 rings (SSSR count). The number of halogens is 2. The Hall–Kier alpha value is -0.540. The van der Waals surface area contributed by atoms with Crippen LogP contribution in [-0.2, 0) is 20.0 Å². The summed E-state index contributed by atoms with van der Waals surface area (Å²) in [4.78, 5) is 0. The normalized spacial score (nSPS) is 12.4. The quantitative estimate of drug-likeness (QED) is 0.786. The molecule has 0 saturated heterocycles. The van der Waals surface area contributed by atoms with Crippen molar-refractivity contribution in [1.82, 2.24) is 4.72 Å². The molecule has 1 N–H and O–H groups in total. The zero-order chi connectivity index (χ0) is 16.3. The van der Waals surface area contributed by atoms with Crippen LogP contribution in [0.3, 0.4) is 0 Å². The summed E-state index contributed by atoms with van der Waals surface area (Å²) in [5.41, 5.74) is 0.322. The van der Waals surface area contributed by atoms with E-state index in [1.807, 2.05) is 0 Å². The maximum absolute atomic E-state index is 11.8. The van der Waals surface area contributed by atoms with Crippen LogP contribution >= 0.6 is 23.2 Å². The largest absolute Gasteiger partial charge is 0.269 e. The van der Waals surface area contributed by atoms with Gasteiger partial charge in [-0.1, -0.05) is 23.2 Å². The molecule has 0 spiro atoms. The summed E-state index contributed by atoms with van der Waals surface area (Å²) in [6, 6.07) is 4.40. The molecule has 1 aromatic rings. The van der Waals surface area contributed by atoms with Crippen LogP contribution < -0.4 is 9.03 Å². The maximum Gasteiger partial charge on any atom is 0.232 e. The van der Waals surface area contributed by atoms with Crippen LogP contribution in [0.5, 0.6) is 0 Å². The number of anilines is 1. The lowest BCUT2D eigenvalue weighted by atomic mass is 10.3. The molecule has 120 valence electrons. The molecule has 0 fully saturated rings. The fourth-order valence-corrected chi connectivity index (χ4v) is 3.35. The Morgan fingerprint density at radius 3 is 2.24 bits per heavy atom. The van der Waals surface area contributed by atoms with Gasteiger partial charge in [0.25, 0.3) is 0 Å². The lowest BCUT2D eigenvalue weighted by molar-refractivity contribution is 0.579. The highest BCUT2D eigenvalue weighted by Crippen LogP contribution is 2.28. The fourth-order valence-electron chi connectivity index (χ4n) is 1.53. The minimum atomic E-state index is -3.58. The number of sulfonamides is 2. The molecule has 21 heavy (non-hydrogen) atoms. The zero-order valence-corrected chi connectivity index (χ0v) is 14.7. The molecule has 0 amide bonds. The van der Waals surface area contributed by atoms with E-state index in [0.29, 0.717) is 10.7 Å². The Labute approximate surface area is 135 Å². The van der Waals surface area contributed by atoms with Crippen LogP contribution in [0.4, 0.5) is 5.69 Å². The van der Waals surface area contributed by atoms with Gasteiger partial charge in [0.05, 0.1) is 27.7 Å². The van der Waals surface area contributed by atoms with Crippen LogP contribution in [-0.4, -0.2) is 41.9 Å². The van der Waals surface area contributed by atoms with Gasteiger partial charge in [0.2, 0.25) is 20.0 Å². The highest BCUT2D eigenvalue weighted by Gasteiger charge is 2.19. The molecule has 0 aromatic heterocycles. The Morgan fingerprint density at radius 1 is 1.14 bits per heavy atom. The van der Waals surface area contributed by atoms with Gasteiger partial charge in [0.1, 0.15) is 0 Å². The summed E-state index contributed by atoms with van der Waals surface area (Å²) < 4.78 is 49.7. The molecule has 6 nitrogen and oxygen atoms in total. The molecule has 0 saturated carbocycles. The van der Waals surface area contributed by atoms with Crippen LogP contribution in [0, 0.1) is 0 Å². The van der Waals surface area contributed by atoms with E-state index in [2.05, 4.69) is 4.72 Å². The summed E-state index contributed by atoms with van der Waals surface area (Å²) >= 11 is 11.7. The molecule has 0 heterocycles. The predicted molar refractivity (Wildman–Crippen MR) is 86.1 cm³/mol. The minimum absolute atomic E-state index is 0.0382. The number of hydrogen-bond acceptors (Lipinski definition) is 4. The topological polar surface area (TPSA) is 83.6 Å². The van der Waals surface area contributed by atoms with Crippen molar-refractivity contribution in [1.29, 1.82) is 0 Å². The fraction of sp³-hybridized carbons (Fsp3) is 0.455. The highest BCUT2D eigenvalue weighted by atomic mass is 35.5. The van der Waals surface area contributed by atoms with Crippen LogP contribution in [0.1, 0.15) is 6.92 Å². The van der Waals surface area contributed by atoms with Gasteiger partial charge < -0.3 is 0 Å². The van der Waals surface area contributed by atoms with Gasteiger partial charge in [-0.3, -0.25) is 4.31 Å². The van der Waals surface area contributed by atoms with Gasteiger partial charge in [-0.2, -0.15) is 0 Å². The zero-order valence-electron chi connectivity index (χ0n) is 11.5. The summed E-state index contributed by atoms with van der Waals surface area (Å²) in [6.45, 7) is 1.41. The molecule has 0 atom stereocenters. The third kappa shape index (κ3) is 5.63. The van der Waals surface area contributed by atoms with E-state index in [1.54, 1.807) is 0 Å².